The molecule has 1 aliphatic rings. The van der Waals surface area contributed by atoms with Gasteiger partial charge >= 0.3 is 19.9 Å². The molecule has 1 unspecified atom stereocenters. The lowest BCUT2D eigenvalue weighted by Crippen LogP contribution is -2.62. The fourth-order valence-electron chi connectivity index (χ4n) is 4.57. The van der Waals surface area contributed by atoms with Crippen molar-refractivity contribution in [3.63, 3.8) is 0 Å². The zero-order valence-electron chi connectivity index (χ0n) is 29.3. The van der Waals surface area contributed by atoms with E-state index in [0.717, 1.165) is 27.9 Å². The minimum absolute atomic E-state index is 0.106. The number of carbonyl (C=O) groups is 4. The molecule has 1 aliphatic heterocycles. The second-order valence-corrected chi connectivity index (χ2v) is 13.7. The zero-order chi connectivity index (χ0) is 38.7. The summed E-state index contributed by atoms with van der Waals surface area (Å²) in [6, 6.07) is 2.68. The van der Waals surface area contributed by atoms with Crippen molar-refractivity contribution in [1.29, 1.82) is 0 Å². The highest BCUT2D eigenvalue weighted by molar-refractivity contribution is 7.53. The average molecular weight is 763 g/mol. The van der Waals surface area contributed by atoms with Crippen molar-refractivity contribution in [2.75, 3.05) is 51.6 Å². The smallest absolute Gasteiger partial charge is 0.502 e. The molecule has 0 saturated carbocycles. The molecule has 2 heterocycles. The Morgan fingerprint density at radius 2 is 1.60 bits per heavy atom. The molecule has 0 saturated heterocycles. The van der Waals surface area contributed by atoms with E-state index < -0.39 is 117 Å². The summed E-state index contributed by atoms with van der Waals surface area (Å²) in [6.07, 6.45) is -4.04. The third-order valence-corrected chi connectivity index (χ3v) is 8.79. The lowest BCUT2D eigenvalue weighted by atomic mass is 10.1. The number of nitrogens with zero attached hydrogens (tertiary/aromatic N) is 3. The third-order valence-electron chi connectivity index (χ3n) is 7.04. The van der Waals surface area contributed by atoms with Crippen LogP contribution in [0, 0.1) is 11.6 Å². The largest absolute Gasteiger partial charge is 0.510 e. The number of fused-ring (bicyclic) bond motifs is 1. The van der Waals surface area contributed by atoms with E-state index in [9.17, 15) is 42.4 Å². The van der Waals surface area contributed by atoms with Gasteiger partial charge in [0.2, 0.25) is 19.0 Å². The lowest BCUT2D eigenvalue weighted by Gasteiger charge is -2.45. The van der Waals surface area contributed by atoms with Crippen LogP contribution in [0.4, 0.5) is 18.4 Å². The Morgan fingerprint density at radius 3 is 2.13 bits per heavy atom. The molecule has 0 spiro atoms. The second-order valence-electron chi connectivity index (χ2n) is 11.5. The number of hydrogen-bond donors (Lipinski definition) is 2. The summed E-state index contributed by atoms with van der Waals surface area (Å²) < 4.78 is 78.0. The highest BCUT2D eigenvalue weighted by atomic mass is 31.2. The van der Waals surface area contributed by atoms with E-state index in [4.69, 9.17) is 32.7 Å². The van der Waals surface area contributed by atoms with Crippen molar-refractivity contribution < 1.29 is 70.4 Å². The van der Waals surface area contributed by atoms with Crippen LogP contribution in [-0.4, -0.2) is 104 Å². The minimum Gasteiger partial charge on any atom is -0.502 e. The first kappa shape index (κ1) is 41.6. The van der Waals surface area contributed by atoms with E-state index in [2.05, 4.69) is 5.32 Å². The number of rotatable bonds is 17. The van der Waals surface area contributed by atoms with Crippen LogP contribution in [0.15, 0.2) is 29.2 Å². The van der Waals surface area contributed by atoms with Crippen LogP contribution in [0.3, 0.4) is 0 Å². The Kier molecular flexibility index (Phi) is 14.9. The Balaban J connectivity index is 1.97. The predicted octanol–water partition coefficient (Wildman–Crippen LogP) is 3.41. The zero-order valence-corrected chi connectivity index (χ0v) is 30.2. The molecule has 21 heteroatoms. The maximum absolute atomic E-state index is 14.2. The number of nitrogens with one attached hydrogen (secondary N) is 1. The number of amides is 2. The van der Waals surface area contributed by atoms with Gasteiger partial charge in [0.05, 0.1) is 25.0 Å². The molecule has 18 nitrogen and oxygen atoms in total. The van der Waals surface area contributed by atoms with Crippen LogP contribution < -0.4 is 15.8 Å². The van der Waals surface area contributed by atoms with Gasteiger partial charge < -0.3 is 39.0 Å². The molecule has 1 aromatic heterocycles. The van der Waals surface area contributed by atoms with E-state index in [1.165, 1.54) is 12.1 Å². The Bertz CT molecular complexity index is 1690. The fraction of sp³-hybridized carbons (Fsp3) is 0.516. The van der Waals surface area contributed by atoms with Gasteiger partial charge in [-0.15, -0.1) is 0 Å². The van der Waals surface area contributed by atoms with Gasteiger partial charge in [-0.3, -0.25) is 37.7 Å². The third kappa shape index (κ3) is 11.1. The van der Waals surface area contributed by atoms with Crippen LogP contribution in [0.25, 0.3) is 0 Å². The minimum atomic E-state index is -4.40. The Morgan fingerprint density at radius 1 is 1.00 bits per heavy atom. The molecule has 2 aromatic rings. The van der Waals surface area contributed by atoms with E-state index in [1.807, 2.05) is 0 Å². The summed E-state index contributed by atoms with van der Waals surface area (Å²) in [5, 5.41) is 14.6. The molecule has 0 bridgehead atoms. The summed E-state index contributed by atoms with van der Waals surface area (Å²) >= 11 is 0. The Labute approximate surface area is 296 Å². The standard InChI is InChI=1S/C31H41F2N4O14P/c1-7-45-15-24-35(6)29(41)25-27(39)26(38)22(28(40)34-13-20-8-9-21(32)12-23(20)33)14-37(25)36(24)10-11-52(44,48-16-46-30(42)50-18(2)3)49-17-47-31(43)51-19(4)5/h8-9,12,14,18-19,24,39H,7,10-11,13,15-17H2,1-6H3,(H,34,40). The first-order valence-corrected chi connectivity index (χ1v) is 17.6. The molecule has 0 aliphatic carbocycles. The normalized spacial score (nSPS) is 14.3. The number of aromatic hydroxyl groups is 1. The Hall–Kier alpha value is -4.78. The number of ether oxygens (including phenoxy) is 5. The average Bonchev–Trinajstić information content (AvgIpc) is 3.05. The summed E-state index contributed by atoms with van der Waals surface area (Å²) in [7, 11) is -3.06. The van der Waals surface area contributed by atoms with Crippen molar-refractivity contribution in [2.24, 2.45) is 0 Å². The molecule has 2 N–H and O–H groups in total. The van der Waals surface area contributed by atoms with Crippen molar-refractivity contribution in [3.05, 3.63) is 63.1 Å². The number of benzene rings is 1. The maximum Gasteiger partial charge on any atom is 0.510 e. The van der Waals surface area contributed by atoms with Crippen LogP contribution in [0.1, 0.15) is 61.0 Å². The number of aromatic nitrogens is 1. The summed E-state index contributed by atoms with van der Waals surface area (Å²) in [5.74, 6) is -4.84. The number of likely N-dealkylation sites (N-methyl/N-ethyl adjacent to an activating group) is 1. The van der Waals surface area contributed by atoms with Gasteiger partial charge in [-0.2, -0.15) is 0 Å². The molecule has 1 aromatic carbocycles. The molecule has 1 atom stereocenters. The highest BCUT2D eigenvalue weighted by Gasteiger charge is 2.40. The SMILES string of the molecule is CCOCC1N(C)C(=O)c2c(O)c(=O)c(C(=O)NCc3ccc(F)cc3F)cn2N1CCP(=O)(OCOC(=O)OC(C)C)OCOC(=O)OC(C)C. The molecule has 0 fully saturated rings. The number of hydrogen-bond acceptors (Lipinski definition) is 15. The van der Waals surface area contributed by atoms with E-state index in [1.54, 1.807) is 34.6 Å². The van der Waals surface area contributed by atoms with Crippen LogP contribution in [-0.2, 0) is 43.8 Å². The van der Waals surface area contributed by atoms with Gasteiger partial charge in [-0.25, -0.2) is 18.4 Å². The van der Waals surface area contributed by atoms with Crippen LogP contribution in [0.2, 0.25) is 0 Å². The first-order chi connectivity index (χ1) is 24.5. The quantitative estimate of drug-likeness (QED) is 0.134. The number of carbonyl (C=O) groups excluding carboxylic acids is 4. The van der Waals surface area contributed by atoms with E-state index in [0.29, 0.717) is 6.07 Å². The van der Waals surface area contributed by atoms with E-state index in [-0.39, 0.29) is 18.8 Å². The lowest BCUT2D eigenvalue weighted by molar-refractivity contribution is -0.0302. The maximum atomic E-state index is 14.2. The van der Waals surface area contributed by atoms with Crippen LogP contribution >= 0.6 is 7.60 Å². The van der Waals surface area contributed by atoms with Gasteiger partial charge in [0.1, 0.15) is 23.4 Å². The second kappa shape index (κ2) is 18.6. The predicted molar refractivity (Wildman–Crippen MR) is 175 cm³/mol. The summed E-state index contributed by atoms with van der Waals surface area (Å²) in [4.78, 5) is 64.7. The molecular formula is C31H41F2N4O14P. The molecule has 52 heavy (non-hydrogen) atoms. The van der Waals surface area contributed by atoms with Crippen molar-refractivity contribution >= 4 is 31.7 Å². The summed E-state index contributed by atoms with van der Waals surface area (Å²) in [5.41, 5.74) is -2.59. The number of pyridine rings is 1. The molecule has 0 radical (unpaired) electrons. The van der Waals surface area contributed by atoms with Gasteiger partial charge in [-0.1, -0.05) is 6.07 Å². The topological polar surface area (TPSA) is 211 Å². The van der Waals surface area contributed by atoms with Gasteiger partial charge in [0.15, 0.2) is 11.4 Å². The molecule has 2 amide bonds. The van der Waals surface area contributed by atoms with Crippen molar-refractivity contribution in [1.82, 2.24) is 14.9 Å². The summed E-state index contributed by atoms with van der Waals surface area (Å²) in [6.45, 7) is 5.24. The van der Waals surface area contributed by atoms with Gasteiger partial charge in [0.25, 0.3) is 11.8 Å². The van der Waals surface area contributed by atoms with Crippen molar-refractivity contribution in [2.45, 2.75) is 59.5 Å². The first-order valence-electron chi connectivity index (χ1n) is 15.8. The monoisotopic (exact) mass is 762 g/mol. The molecule has 288 valence electrons. The highest BCUT2D eigenvalue weighted by Crippen LogP contribution is 2.48. The van der Waals surface area contributed by atoms with Crippen molar-refractivity contribution in [3.8, 4) is 5.75 Å². The van der Waals surface area contributed by atoms with E-state index >= 15 is 0 Å². The number of halogens is 2. The van der Waals surface area contributed by atoms with Crippen LogP contribution in [0.5, 0.6) is 5.75 Å². The van der Waals surface area contributed by atoms with Gasteiger partial charge in [0, 0.05) is 44.6 Å². The fourth-order valence-corrected chi connectivity index (χ4v) is 5.78. The molecule has 3 rings (SSSR count). The van der Waals surface area contributed by atoms with Gasteiger partial charge in [-0.05, 0) is 40.7 Å². The molecular weight excluding hydrogens is 721 g/mol.